The molecule has 0 unspecified atom stereocenters. The molecule has 0 atom stereocenters. The van der Waals surface area contributed by atoms with E-state index in [1.807, 2.05) is 6.07 Å². The number of carbonyl (C=O) groups is 2. The highest BCUT2D eigenvalue weighted by molar-refractivity contribution is 6.11. The summed E-state index contributed by atoms with van der Waals surface area (Å²) in [6.45, 7) is 1.87. The molecule has 0 bridgehead atoms. The number of pyridine rings is 1. The van der Waals surface area contributed by atoms with Crippen LogP contribution in [0.4, 0.5) is 4.39 Å². The van der Waals surface area contributed by atoms with Crippen molar-refractivity contribution in [1.82, 2.24) is 4.40 Å². The lowest BCUT2D eigenvalue weighted by molar-refractivity contribution is 0.0529. The molecule has 2 heterocycles. The average Bonchev–Trinajstić information content (AvgIpc) is 3.00. The zero-order chi connectivity index (χ0) is 18.0. The maximum Gasteiger partial charge on any atom is 0.340 e. The summed E-state index contributed by atoms with van der Waals surface area (Å²) >= 11 is 0. The zero-order valence-electron chi connectivity index (χ0n) is 13.3. The van der Waals surface area contributed by atoms with Crippen molar-refractivity contribution in [3.8, 4) is 6.07 Å². The molecular weight excluding hydrogens is 323 g/mol. The minimum Gasteiger partial charge on any atom is -0.462 e. The van der Waals surface area contributed by atoms with Gasteiger partial charge < -0.3 is 9.14 Å². The molecule has 0 fully saturated rings. The smallest absolute Gasteiger partial charge is 0.340 e. The van der Waals surface area contributed by atoms with Crippen LogP contribution in [0.3, 0.4) is 0 Å². The third kappa shape index (κ3) is 3.00. The molecule has 0 saturated heterocycles. The van der Waals surface area contributed by atoms with E-state index < -0.39 is 11.8 Å². The molecule has 0 aliphatic carbocycles. The Morgan fingerprint density at radius 2 is 1.92 bits per heavy atom. The lowest BCUT2D eigenvalue weighted by atomic mass is 10.1. The summed E-state index contributed by atoms with van der Waals surface area (Å²) in [4.78, 5) is 25.0. The molecule has 0 radical (unpaired) electrons. The number of benzene rings is 1. The van der Waals surface area contributed by atoms with Crippen LogP contribution in [0.1, 0.15) is 38.9 Å². The van der Waals surface area contributed by atoms with Crippen LogP contribution < -0.4 is 0 Å². The van der Waals surface area contributed by atoms with Crippen molar-refractivity contribution in [2.24, 2.45) is 0 Å². The topological polar surface area (TPSA) is 71.6 Å². The Hall–Kier alpha value is -3.46. The predicted octanol–water partition coefficient (Wildman–Crippen LogP) is 3.36. The van der Waals surface area contributed by atoms with Crippen molar-refractivity contribution >= 4 is 17.3 Å². The van der Waals surface area contributed by atoms with Gasteiger partial charge >= 0.3 is 5.97 Å². The first kappa shape index (κ1) is 16.4. The number of carbonyl (C=O) groups excluding carboxylic acids is 2. The van der Waals surface area contributed by atoms with Crippen LogP contribution in [0.15, 0.2) is 48.7 Å². The molecule has 6 heteroatoms. The summed E-state index contributed by atoms with van der Waals surface area (Å²) < 4.78 is 19.6. The van der Waals surface area contributed by atoms with E-state index in [-0.39, 0.29) is 23.6 Å². The monoisotopic (exact) mass is 336 g/mol. The van der Waals surface area contributed by atoms with Crippen molar-refractivity contribution in [2.75, 3.05) is 6.61 Å². The fourth-order valence-corrected chi connectivity index (χ4v) is 2.56. The van der Waals surface area contributed by atoms with Crippen molar-refractivity contribution in [3.05, 3.63) is 76.9 Å². The number of nitrogens with zero attached hydrogens (tertiary/aromatic N) is 2. The largest absolute Gasteiger partial charge is 0.462 e. The predicted molar refractivity (Wildman–Crippen MR) is 87.9 cm³/mol. The van der Waals surface area contributed by atoms with E-state index in [0.29, 0.717) is 16.6 Å². The molecule has 25 heavy (non-hydrogen) atoms. The highest BCUT2D eigenvalue weighted by Crippen LogP contribution is 2.22. The van der Waals surface area contributed by atoms with Crippen LogP contribution in [0.25, 0.3) is 5.52 Å². The summed E-state index contributed by atoms with van der Waals surface area (Å²) in [7, 11) is 0. The second-order valence-corrected chi connectivity index (χ2v) is 5.28. The van der Waals surface area contributed by atoms with Gasteiger partial charge in [-0.2, -0.15) is 5.26 Å². The number of rotatable bonds is 4. The highest BCUT2D eigenvalue weighted by atomic mass is 19.1. The van der Waals surface area contributed by atoms with Crippen LogP contribution in [0, 0.1) is 17.1 Å². The summed E-state index contributed by atoms with van der Waals surface area (Å²) in [5.41, 5.74) is 1.49. The normalized spacial score (nSPS) is 10.4. The Labute approximate surface area is 142 Å². The summed E-state index contributed by atoms with van der Waals surface area (Å²) in [6.07, 6.45) is 1.55. The van der Waals surface area contributed by atoms with Gasteiger partial charge in [0.1, 0.15) is 5.82 Å². The molecule has 0 spiro atoms. The number of aromatic nitrogens is 1. The van der Waals surface area contributed by atoms with E-state index in [1.54, 1.807) is 19.2 Å². The van der Waals surface area contributed by atoms with Gasteiger partial charge in [-0.05, 0) is 49.4 Å². The van der Waals surface area contributed by atoms with Gasteiger partial charge in [0.15, 0.2) is 0 Å². The molecule has 0 aliphatic heterocycles. The van der Waals surface area contributed by atoms with Gasteiger partial charge in [0.2, 0.25) is 5.78 Å². The zero-order valence-corrected chi connectivity index (χ0v) is 13.3. The van der Waals surface area contributed by atoms with Crippen molar-refractivity contribution in [3.63, 3.8) is 0 Å². The molecule has 3 rings (SSSR count). The Bertz CT molecular complexity index is 1010. The quantitative estimate of drug-likeness (QED) is 0.541. The standard InChI is InChI=1S/C19H13FN2O3/c1-2-25-19(24)15-10-17(18(23)13-3-5-14(20)6-4-13)22-8-7-12(11-21)9-16(15)22/h3-10H,2H2,1H3. The van der Waals surface area contributed by atoms with Crippen LogP contribution in [-0.4, -0.2) is 22.8 Å². The molecule has 5 nitrogen and oxygen atoms in total. The van der Waals surface area contributed by atoms with Gasteiger partial charge in [0.25, 0.3) is 0 Å². The van der Waals surface area contributed by atoms with Crippen molar-refractivity contribution in [1.29, 1.82) is 5.26 Å². The maximum absolute atomic E-state index is 13.1. The summed E-state index contributed by atoms with van der Waals surface area (Å²) in [6, 6.07) is 11.7. The number of nitriles is 1. The average molecular weight is 336 g/mol. The van der Waals surface area contributed by atoms with Gasteiger partial charge in [-0.25, -0.2) is 9.18 Å². The highest BCUT2D eigenvalue weighted by Gasteiger charge is 2.21. The number of esters is 1. The van der Waals surface area contributed by atoms with Crippen molar-refractivity contribution in [2.45, 2.75) is 6.92 Å². The number of hydrogen-bond donors (Lipinski definition) is 0. The van der Waals surface area contributed by atoms with Crippen LogP contribution in [0.5, 0.6) is 0 Å². The van der Waals surface area contributed by atoms with E-state index in [2.05, 4.69) is 0 Å². The van der Waals surface area contributed by atoms with Gasteiger partial charge in [0.05, 0.1) is 35.0 Å². The van der Waals surface area contributed by atoms with Gasteiger partial charge in [-0.1, -0.05) is 0 Å². The Balaban J connectivity index is 2.18. The van der Waals surface area contributed by atoms with E-state index in [4.69, 9.17) is 10.00 Å². The fraction of sp³-hybridized carbons (Fsp3) is 0.105. The van der Waals surface area contributed by atoms with Crippen LogP contribution in [0.2, 0.25) is 0 Å². The Morgan fingerprint density at radius 1 is 1.20 bits per heavy atom. The number of fused-ring (bicyclic) bond motifs is 1. The van der Waals surface area contributed by atoms with Gasteiger partial charge in [0, 0.05) is 11.8 Å². The third-order valence-corrected chi connectivity index (χ3v) is 3.73. The lowest BCUT2D eigenvalue weighted by Crippen LogP contribution is -2.05. The second-order valence-electron chi connectivity index (χ2n) is 5.28. The maximum atomic E-state index is 13.1. The SMILES string of the molecule is CCOC(=O)c1cc(C(=O)c2ccc(F)cc2)n2ccc(C#N)cc12. The van der Waals surface area contributed by atoms with Gasteiger partial charge in [-0.15, -0.1) is 0 Å². The van der Waals surface area contributed by atoms with E-state index in [1.165, 1.54) is 40.8 Å². The number of hydrogen-bond acceptors (Lipinski definition) is 4. The third-order valence-electron chi connectivity index (χ3n) is 3.73. The first-order chi connectivity index (χ1) is 12.0. The first-order valence-corrected chi connectivity index (χ1v) is 7.57. The molecule has 2 aromatic heterocycles. The summed E-state index contributed by atoms with van der Waals surface area (Å²) in [5, 5.41) is 9.07. The van der Waals surface area contributed by atoms with E-state index in [9.17, 15) is 14.0 Å². The first-order valence-electron chi connectivity index (χ1n) is 7.57. The van der Waals surface area contributed by atoms with E-state index >= 15 is 0 Å². The molecule has 3 aromatic rings. The molecule has 0 saturated carbocycles. The van der Waals surface area contributed by atoms with Crippen LogP contribution in [-0.2, 0) is 4.74 Å². The Kier molecular flexibility index (Phi) is 4.31. The van der Waals surface area contributed by atoms with Crippen LogP contribution >= 0.6 is 0 Å². The molecule has 1 aromatic carbocycles. The molecule has 0 aliphatic rings. The number of halogens is 1. The van der Waals surface area contributed by atoms with Crippen molar-refractivity contribution < 1.29 is 18.7 Å². The minimum absolute atomic E-state index is 0.190. The molecule has 0 amide bonds. The second kappa shape index (κ2) is 6.57. The van der Waals surface area contributed by atoms with Gasteiger partial charge in [-0.3, -0.25) is 4.79 Å². The summed E-state index contributed by atoms with van der Waals surface area (Å²) in [5.74, 6) is -1.38. The fourth-order valence-electron chi connectivity index (χ4n) is 2.56. The number of ketones is 1. The number of ether oxygens (including phenoxy) is 1. The molecule has 0 N–H and O–H groups in total. The molecule has 124 valence electrons. The minimum atomic E-state index is -0.576. The molecular formula is C19H13FN2O3. The lowest BCUT2D eigenvalue weighted by Gasteiger charge is -2.03. The Morgan fingerprint density at radius 3 is 2.56 bits per heavy atom. The van der Waals surface area contributed by atoms with E-state index in [0.717, 1.165) is 0 Å².